The van der Waals surface area contributed by atoms with Gasteiger partial charge in [0.1, 0.15) is 6.61 Å². The molecule has 3 aliphatic heterocycles. The number of amides is 3. The second-order valence-corrected chi connectivity index (χ2v) is 5.34. The average Bonchev–Trinajstić information content (AvgIpc) is 3.08. The molecule has 20 heavy (non-hydrogen) atoms. The average molecular weight is 282 g/mol. The van der Waals surface area contributed by atoms with Crippen LogP contribution in [0.3, 0.4) is 0 Å². The first-order valence-corrected chi connectivity index (χ1v) is 7.04. The van der Waals surface area contributed by atoms with E-state index in [0.29, 0.717) is 6.54 Å². The van der Waals surface area contributed by atoms with E-state index in [9.17, 15) is 14.4 Å². The third-order valence-electron chi connectivity index (χ3n) is 4.24. The van der Waals surface area contributed by atoms with Gasteiger partial charge in [-0.3, -0.25) is 14.5 Å². The van der Waals surface area contributed by atoms with E-state index in [4.69, 9.17) is 9.47 Å². The van der Waals surface area contributed by atoms with Crippen LogP contribution in [0.25, 0.3) is 0 Å². The molecule has 0 saturated carbocycles. The van der Waals surface area contributed by atoms with Gasteiger partial charge in [-0.1, -0.05) is 0 Å². The number of nitrogens with zero attached hydrogens (tertiary/aromatic N) is 1. The zero-order valence-electron chi connectivity index (χ0n) is 11.3. The van der Waals surface area contributed by atoms with Gasteiger partial charge in [0.2, 0.25) is 11.8 Å². The second-order valence-electron chi connectivity index (χ2n) is 5.34. The Hall–Kier alpha value is -1.63. The number of imide groups is 1. The van der Waals surface area contributed by atoms with E-state index in [-0.39, 0.29) is 49.0 Å². The molecule has 3 amide bonds. The zero-order valence-corrected chi connectivity index (χ0v) is 11.3. The Bertz CT molecular complexity index is 424. The molecule has 1 N–H and O–H groups in total. The molecule has 0 aromatic rings. The summed E-state index contributed by atoms with van der Waals surface area (Å²) < 4.78 is 10.5. The van der Waals surface area contributed by atoms with Crippen LogP contribution in [0.4, 0.5) is 4.79 Å². The summed E-state index contributed by atoms with van der Waals surface area (Å²) in [5.41, 5.74) is 0. The van der Waals surface area contributed by atoms with Crippen LogP contribution >= 0.6 is 0 Å². The Morgan fingerprint density at radius 3 is 2.45 bits per heavy atom. The molecule has 0 aromatic heterocycles. The summed E-state index contributed by atoms with van der Waals surface area (Å²) in [4.78, 5) is 36.9. The highest BCUT2D eigenvalue weighted by atomic mass is 16.5. The molecular weight excluding hydrogens is 264 g/mol. The minimum absolute atomic E-state index is 0.0267. The third kappa shape index (κ3) is 1.96. The van der Waals surface area contributed by atoms with E-state index in [1.807, 2.05) is 0 Å². The standard InChI is InChI=1S/C13H18N2O5/c1-2-14-13(18)19-6-5-15-11(16)9-7-3-4-8(20-7)10(9)12(15)17/h7-10H,2-6H2,1H3,(H,14,18)/t7-,8-,9-,10+/m0/s1. The van der Waals surface area contributed by atoms with E-state index in [2.05, 4.69) is 5.32 Å². The van der Waals surface area contributed by atoms with Gasteiger partial charge in [0.05, 0.1) is 30.6 Å². The van der Waals surface area contributed by atoms with Crippen molar-refractivity contribution in [2.75, 3.05) is 19.7 Å². The van der Waals surface area contributed by atoms with Crippen LogP contribution in [-0.4, -0.2) is 54.7 Å². The first-order valence-electron chi connectivity index (χ1n) is 7.04. The predicted molar refractivity (Wildman–Crippen MR) is 66.6 cm³/mol. The highest BCUT2D eigenvalue weighted by molar-refractivity contribution is 6.06. The Morgan fingerprint density at radius 2 is 1.90 bits per heavy atom. The normalized spacial score (nSPS) is 34.5. The van der Waals surface area contributed by atoms with Gasteiger partial charge < -0.3 is 14.8 Å². The van der Waals surface area contributed by atoms with Gasteiger partial charge in [-0.15, -0.1) is 0 Å². The molecule has 0 spiro atoms. The minimum Gasteiger partial charge on any atom is -0.448 e. The summed E-state index contributed by atoms with van der Waals surface area (Å²) in [6.45, 7) is 2.41. The summed E-state index contributed by atoms with van der Waals surface area (Å²) in [5, 5.41) is 2.49. The fourth-order valence-electron chi connectivity index (χ4n) is 3.42. The molecule has 3 rings (SSSR count). The Kier molecular flexibility index (Phi) is 3.37. The number of ether oxygens (including phenoxy) is 2. The van der Waals surface area contributed by atoms with Crippen molar-refractivity contribution in [1.29, 1.82) is 0 Å². The molecule has 3 heterocycles. The number of alkyl carbamates (subject to hydrolysis) is 1. The molecular formula is C13H18N2O5. The molecule has 110 valence electrons. The number of hydrogen-bond donors (Lipinski definition) is 1. The van der Waals surface area contributed by atoms with E-state index in [0.717, 1.165) is 12.8 Å². The van der Waals surface area contributed by atoms with Crippen molar-refractivity contribution in [3.63, 3.8) is 0 Å². The Labute approximate surface area is 116 Å². The van der Waals surface area contributed by atoms with E-state index in [1.165, 1.54) is 4.90 Å². The molecule has 7 nitrogen and oxygen atoms in total. The van der Waals surface area contributed by atoms with Crippen molar-refractivity contribution in [3.05, 3.63) is 0 Å². The lowest BCUT2D eigenvalue weighted by Crippen LogP contribution is -2.37. The lowest BCUT2D eigenvalue weighted by Gasteiger charge is -2.17. The fraction of sp³-hybridized carbons (Fsp3) is 0.769. The number of nitrogens with one attached hydrogen (secondary N) is 1. The van der Waals surface area contributed by atoms with Crippen molar-refractivity contribution in [2.45, 2.75) is 32.0 Å². The molecule has 7 heteroatoms. The minimum atomic E-state index is -0.532. The first-order chi connectivity index (χ1) is 9.63. The van der Waals surface area contributed by atoms with Crippen LogP contribution < -0.4 is 5.32 Å². The molecule has 0 aromatic carbocycles. The highest BCUT2D eigenvalue weighted by Gasteiger charge is 2.62. The molecule has 2 bridgehead atoms. The van der Waals surface area contributed by atoms with E-state index < -0.39 is 6.09 Å². The van der Waals surface area contributed by atoms with Crippen LogP contribution in [-0.2, 0) is 19.1 Å². The summed E-state index contributed by atoms with van der Waals surface area (Å²) in [6, 6.07) is 0. The Morgan fingerprint density at radius 1 is 1.30 bits per heavy atom. The molecule has 0 aliphatic carbocycles. The van der Waals surface area contributed by atoms with Gasteiger partial charge in [-0.25, -0.2) is 4.79 Å². The van der Waals surface area contributed by atoms with Gasteiger partial charge in [-0.05, 0) is 19.8 Å². The molecule has 4 atom stereocenters. The lowest BCUT2D eigenvalue weighted by atomic mass is 9.81. The zero-order chi connectivity index (χ0) is 14.3. The fourth-order valence-corrected chi connectivity index (χ4v) is 3.42. The predicted octanol–water partition coefficient (Wildman–Crippen LogP) is -0.105. The van der Waals surface area contributed by atoms with Crippen molar-refractivity contribution in [3.8, 4) is 0 Å². The van der Waals surface area contributed by atoms with Crippen molar-refractivity contribution < 1.29 is 23.9 Å². The summed E-state index contributed by atoms with van der Waals surface area (Å²) in [7, 11) is 0. The van der Waals surface area contributed by atoms with Gasteiger partial charge in [0, 0.05) is 6.54 Å². The molecule has 0 unspecified atom stereocenters. The van der Waals surface area contributed by atoms with Crippen LogP contribution in [0.1, 0.15) is 19.8 Å². The first kappa shape index (κ1) is 13.4. The van der Waals surface area contributed by atoms with Gasteiger partial charge >= 0.3 is 6.09 Å². The van der Waals surface area contributed by atoms with Gasteiger partial charge in [0.25, 0.3) is 0 Å². The number of rotatable bonds is 4. The van der Waals surface area contributed by atoms with Crippen molar-refractivity contribution >= 4 is 17.9 Å². The molecule has 3 saturated heterocycles. The van der Waals surface area contributed by atoms with Crippen LogP contribution in [0, 0.1) is 11.8 Å². The van der Waals surface area contributed by atoms with Crippen LogP contribution in [0.5, 0.6) is 0 Å². The van der Waals surface area contributed by atoms with Gasteiger partial charge in [-0.2, -0.15) is 0 Å². The topological polar surface area (TPSA) is 84.9 Å². The number of fused-ring (bicyclic) bond motifs is 5. The summed E-state index contributed by atoms with van der Waals surface area (Å²) in [5.74, 6) is -0.977. The van der Waals surface area contributed by atoms with E-state index in [1.54, 1.807) is 6.92 Å². The maximum absolute atomic E-state index is 12.3. The van der Waals surface area contributed by atoms with Crippen LogP contribution in [0.15, 0.2) is 0 Å². The maximum Gasteiger partial charge on any atom is 0.407 e. The summed E-state index contributed by atoms with van der Waals surface area (Å²) in [6.07, 6.45) is 0.976. The largest absolute Gasteiger partial charge is 0.448 e. The number of likely N-dealkylation sites (tertiary alicyclic amines) is 1. The molecule has 0 radical (unpaired) electrons. The van der Waals surface area contributed by atoms with Crippen LogP contribution in [0.2, 0.25) is 0 Å². The number of hydrogen-bond acceptors (Lipinski definition) is 5. The lowest BCUT2D eigenvalue weighted by molar-refractivity contribution is -0.143. The van der Waals surface area contributed by atoms with Crippen molar-refractivity contribution in [1.82, 2.24) is 10.2 Å². The highest BCUT2D eigenvalue weighted by Crippen LogP contribution is 2.48. The van der Waals surface area contributed by atoms with Gasteiger partial charge in [0.15, 0.2) is 0 Å². The Balaban J connectivity index is 1.57. The van der Waals surface area contributed by atoms with E-state index >= 15 is 0 Å². The smallest absolute Gasteiger partial charge is 0.407 e. The third-order valence-corrected chi connectivity index (χ3v) is 4.24. The second kappa shape index (κ2) is 5.05. The number of carbonyl (C=O) groups is 3. The maximum atomic E-state index is 12.3. The SMILES string of the molecule is CCNC(=O)OCCN1C(=O)[C@@H]2[C@H](C1=O)[C@@H]1CC[C@@H]2O1. The quantitative estimate of drug-likeness (QED) is 0.728. The number of carbonyl (C=O) groups excluding carboxylic acids is 3. The molecule has 3 aliphatic rings. The monoisotopic (exact) mass is 282 g/mol. The summed E-state index contributed by atoms with van der Waals surface area (Å²) >= 11 is 0. The van der Waals surface area contributed by atoms with Crippen molar-refractivity contribution in [2.24, 2.45) is 11.8 Å². The molecule has 3 fully saturated rings.